The first-order chi connectivity index (χ1) is 18.5. The van der Waals surface area contributed by atoms with Gasteiger partial charge in [-0.2, -0.15) is 0 Å². The lowest BCUT2D eigenvalue weighted by Gasteiger charge is -2.36. The highest BCUT2D eigenvalue weighted by molar-refractivity contribution is 7.91. The number of halogens is 4. The van der Waals surface area contributed by atoms with Crippen molar-refractivity contribution in [1.82, 2.24) is 0 Å². The predicted octanol–water partition coefficient (Wildman–Crippen LogP) is 6.14. The van der Waals surface area contributed by atoms with Crippen molar-refractivity contribution >= 4 is 41.4 Å². The molecule has 3 aromatic rings. The number of fused-ring (bicyclic) bond motifs is 1. The molecule has 0 aliphatic carbocycles. The number of methoxy groups -OCH3 is 2. The summed E-state index contributed by atoms with van der Waals surface area (Å²) in [6.45, 7) is 5.20. The molecule has 14 heteroatoms. The number of nitrogens with one attached hydrogen (secondary N) is 1. The van der Waals surface area contributed by atoms with Crippen molar-refractivity contribution in [3.63, 3.8) is 0 Å². The van der Waals surface area contributed by atoms with Crippen LogP contribution >= 0.6 is 11.6 Å². The van der Waals surface area contributed by atoms with E-state index < -0.39 is 46.7 Å². The largest absolute Gasteiger partial charge is 0.573 e. The predicted molar refractivity (Wildman–Crippen MR) is 143 cm³/mol. The van der Waals surface area contributed by atoms with Gasteiger partial charge in [-0.05, 0) is 50.0 Å². The Morgan fingerprint density at radius 1 is 0.900 bits per heavy atom. The first-order valence-electron chi connectivity index (χ1n) is 11.7. The minimum atomic E-state index is -5.08. The second kappa shape index (κ2) is 10.3. The quantitative estimate of drug-likeness (QED) is 0.304. The molecule has 1 atom stereocenters. The monoisotopic (exact) mass is 615 g/mol. The van der Waals surface area contributed by atoms with Gasteiger partial charge in [0.1, 0.15) is 22.1 Å². The van der Waals surface area contributed by atoms with Gasteiger partial charge < -0.3 is 24.0 Å². The Bertz CT molecular complexity index is 1590. The summed E-state index contributed by atoms with van der Waals surface area (Å²) in [5.41, 5.74) is -2.73. The van der Waals surface area contributed by atoms with E-state index in [-0.39, 0.29) is 32.5 Å². The van der Waals surface area contributed by atoms with Gasteiger partial charge in [0.05, 0.1) is 24.8 Å². The highest BCUT2D eigenvalue weighted by Gasteiger charge is 2.55. The molecule has 8 nitrogen and oxygen atoms in total. The molecule has 0 saturated carbocycles. The first-order valence-corrected chi connectivity index (χ1v) is 17.0. The van der Waals surface area contributed by atoms with Crippen molar-refractivity contribution in [2.75, 3.05) is 19.5 Å². The smallest absolute Gasteiger partial charge is 0.497 e. The van der Waals surface area contributed by atoms with Gasteiger partial charge in [-0.3, -0.25) is 4.79 Å². The molecule has 1 aliphatic rings. The summed E-state index contributed by atoms with van der Waals surface area (Å²) in [6.07, 6.45) is -5.08. The lowest BCUT2D eigenvalue weighted by Crippen LogP contribution is -2.46. The number of hydrogen-bond acceptors (Lipinski definition) is 7. The number of amides is 1. The molecule has 1 aliphatic heterocycles. The molecule has 0 fully saturated rings. The molecule has 0 saturated heterocycles. The zero-order valence-corrected chi connectivity index (χ0v) is 24.5. The standard InChI is InChI=1S/C26H25ClF3NO7SSi/c1-35-16-10-11-21(20(14-16)36-2)39(33,34)22-13-15(27)12-18-23(22)31-24(32)25(18,38-40(3,4)5)17-8-6-7-9-19(17)37-26(28,29)30/h6-14H,1-5H3,(H,31,32). The van der Waals surface area contributed by atoms with Crippen molar-refractivity contribution in [3.8, 4) is 17.2 Å². The molecule has 1 amide bonds. The number of carbonyl (C=O) groups is 1. The van der Waals surface area contributed by atoms with Crippen molar-refractivity contribution in [3.05, 3.63) is 70.7 Å². The Hall–Kier alpha value is -3.26. The summed E-state index contributed by atoms with van der Waals surface area (Å²) in [6, 6.07) is 11.5. The minimum Gasteiger partial charge on any atom is -0.497 e. The maximum Gasteiger partial charge on any atom is 0.573 e. The van der Waals surface area contributed by atoms with Gasteiger partial charge in [-0.25, -0.2) is 8.42 Å². The Morgan fingerprint density at radius 3 is 2.17 bits per heavy atom. The molecule has 1 N–H and O–H groups in total. The molecule has 3 aromatic carbocycles. The number of benzene rings is 3. The van der Waals surface area contributed by atoms with Gasteiger partial charge in [-0.15, -0.1) is 13.2 Å². The Balaban J connectivity index is 2.05. The fourth-order valence-corrected chi connectivity index (χ4v) is 7.61. The number of para-hydroxylation sites is 1. The number of hydrogen-bond donors (Lipinski definition) is 1. The van der Waals surface area contributed by atoms with Crippen molar-refractivity contribution in [2.45, 2.75) is 41.4 Å². The minimum absolute atomic E-state index is 0.0362. The first kappa shape index (κ1) is 29.7. The maximum atomic E-state index is 14.0. The number of rotatable bonds is 8. The van der Waals surface area contributed by atoms with E-state index in [1.807, 2.05) is 0 Å². The van der Waals surface area contributed by atoms with E-state index in [0.717, 1.165) is 12.1 Å². The second-order valence-electron chi connectivity index (χ2n) is 9.74. The van der Waals surface area contributed by atoms with Crippen LogP contribution in [0.3, 0.4) is 0 Å². The van der Waals surface area contributed by atoms with Crippen LogP contribution in [0.4, 0.5) is 18.9 Å². The molecular weight excluding hydrogens is 591 g/mol. The summed E-state index contributed by atoms with van der Waals surface area (Å²) in [4.78, 5) is 13.2. The zero-order chi connectivity index (χ0) is 29.7. The van der Waals surface area contributed by atoms with Crippen LogP contribution in [0.1, 0.15) is 11.1 Å². The third-order valence-electron chi connectivity index (χ3n) is 5.91. The number of alkyl halides is 3. The highest BCUT2D eigenvalue weighted by atomic mass is 35.5. The van der Waals surface area contributed by atoms with Crippen molar-refractivity contribution < 1.29 is 45.0 Å². The van der Waals surface area contributed by atoms with E-state index >= 15 is 0 Å². The SMILES string of the molecule is COc1ccc(S(=O)(=O)c2cc(Cl)cc3c2NC(=O)C3(O[Si](C)(C)C)c2ccccc2OC(F)(F)F)c(OC)c1. The van der Waals surface area contributed by atoms with Gasteiger partial charge in [0.2, 0.25) is 9.84 Å². The average molecular weight is 616 g/mol. The van der Waals surface area contributed by atoms with Crippen molar-refractivity contribution in [2.24, 2.45) is 0 Å². The zero-order valence-electron chi connectivity index (χ0n) is 22.0. The Labute approximate surface area is 235 Å². The van der Waals surface area contributed by atoms with Gasteiger partial charge in [-0.1, -0.05) is 29.8 Å². The van der Waals surface area contributed by atoms with Gasteiger partial charge in [0.15, 0.2) is 13.9 Å². The fourth-order valence-electron chi connectivity index (χ4n) is 4.49. The van der Waals surface area contributed by atoms with Crippen LogP contribution < -0.4 is 19.5 Å². The van der Waals surface area contributed by atoms with E-state index in [9.17, 15) is 26.4 Å². The topological polar surface area (TPSA) is 100 Å². The molecule has 1 heterocycles. The molecule has 0 bridgehead atoms. The second-order valence-corrected chi connectivity index (χ2v) is 16.5. The third kappa shape index (κ3) is 5.38. The van der Waals surface area contributed by atoms with Crippen LogP contribution in [0.15, 0.2) is 64.4 Å². The highest BCUT2D eigenvalue weighted by Crippen LogP contribution is 2.52. The number of sulfone groups is 1. The Kier molecular flexibility index (Phi) is 7.64. The molecule has 214 valence electrons. The lowest BCUT2D eigenvalue weighted by molar-refractivity contribution is -0.275. The van der Waals surface area contributed by atoms with Gasteiger partial charge >= 0.3 is 6.36 Å². The van der Waals surface area contributed by atoms with Crippen LogP contribution in [0, 0.1) is 0 Å². The van der Waals surface area contributed by atoms with Gasteiger partial charge in [0, 0.05) is 22.2 Å². The molecule has 4 rings (SSSR count). The number of carbonyl (C=O) groups excluding carboxylic acids is 1. The Morgan fingerprint density at radius 2 is 1.57 bits per heavy atom. The van der Waals surface area contributed by atoms with E-state index in [2.05, 4.69) is 10.1 Å². The average Bonchev–Trinajstić information content (AvgIpc) is 3.12. The van der Waals surface area contributed by atoms with Crippen LogP contribution in [0.2, 0.25) is 24.7 Å². The molecule has 40 heavy (non-hydrogen) atoms. The molecule has 1 unspecified atom stereocenters. The van der Waals surface area contributed by atoms with E-state index in [1.54, 1.807) is 19.6 Å². The van der Waals surface area contributed by atoms with Crippen LogP contribution in [-0.4, -0.2) is 43.2 Å². The van der Waals surface area contributed by atoms with Crippen LogP contribution in [0.5, 0.6) is 17.2 Å². The summed E-state index contributed by atoms with van der Waals surface area (Å²) in [5.74, 6) is -1.28. The lowest BCUT2D eigenvalue weighted by atomic mass is 9.87. The third-order valence-corrected chi connectivity index (χ3v) is 8.86. The van der Waals surface area contributed by atoms with Crippen LogP contribution in [0.25, 0.3) is 0 Å². The number of anilines is 1. The normalized spacial score (nSPS) is 17.3. The van der Waals surface area contributed by atoms with Crippen LogP contribution in [-0.2, 0) is 24.7 Å². The van der Waals surface area contributed by atoms with Crippen molar-refractivity contribution in [1.29, 1.82) is 0 Å². The summed E-state index contributed by atoms with van der Waals surface area (Å²) < 4.78 is 89.2. The maximum absolute atomic E-state index is 14.0. The summed E-state index contributed by atoms with van der Waals surface area (Å²) in [7, 11) is -4.51. The summed E-state index contributed by atoms with van der Waals surface area (Å²) >= 11 is 6.41. The van der Waals surface area contributed by atoms with Gasteiger partial charge in [0.25, 0.3) is 5.91 Å². The van der Waals surface area contributed by atoms with E-state index in [1.165, 1.54) is 56.7 Å². The van der Waals surface area contributed by atoms with E-state index in [4.69, 9.17) is 25.5 Å². The molecule has 0 aromatic heterocycles. The summed E-state index contributed by atoms with van der Waals surface area (Å²) in [5, 5.41) is 2.45. The fraction of sp³-hybridized carbons (Fsp3) is 0.269. The number of ether oxygens (including phenoxy) is 3. The molecule has 0 radical (unpaired) electrons. The molecule has 0 spiro atoms. The molecular formula is C26H25ClF3NO7SSi. The van der Waals surface area contributed by atoms with E-state index in [0.29, 0.717) is 5.75 Å².